The zero-order valence-corrected chi connectivity index (χ0v) is 11.1. The molecule has 0 spiro atoms. The monoisotopic (exact) mass is 250 g/mol. The van der Waals surface area contributed by atoms with E-state index in [0.717, 1.165) is 30.8 Å². The van der Waals surface area contributed by atoms with Crippen molar-refractivity contribution in [2.45, 2.75) is 32.3 Å². The molecule has 0 saturated heterocycles. The third-order valence-corrected chi connectivity index (χ3v) is 3.81. The van der Waals surface area contributed by atoms with Crippen LogP contribution in [0.5, 0.6) is 5.75 Å². The van der Waals surface area contributed by atoms with Crippen LogP contribution in [-0.2, 0) is 0 Å². The summed E-state index contributed by atoms with van der Waals surface area (Å²) in [6.45, 7) is 5.77. The number of ether oxygens (including phenoxy) is 1. The number of aliphatic hydroxyl groups excluding tert-OH is 1. The maximum Gasteiger partial charge on any atom is 0.145 e. The Hall–Kier alpha value is -1.42. The Labute approximate surface area is 108 Å². The van der Waals surface area contributed by atoms with Gasteiger partial charge >= 0.3 is 0 Å². The van der Waals surface area contributed by atoms with Gasteiger partial charge in [0.2, 0.25) is 0 Å². The van der Waals surface area contributed by atoms with Crippen molar-refractivity contribution in [1.29, 1.82) is 0 Å². The molecular formula is C14H22N2O2. The standard InChI is InChI=1S/C14H22N2O2/c1-3-14(4-2)10-16(8-9-17)13-11(15)6-5-7-12(13)18-14/h5-7,17H,3-4,8-10,15H2,1-2H3. The second kappa shape index (κ2) is 5.06. The van der Waals surface area contributed by atoms with Gasteiger partial charge in [0, 0.05) is 6.54 Å². The summed E-state index contributed by atoms with van der Waals surface area (Å²) in [5.41, 5.74) is 7.49. The molecule has 0 atom stereocenters. The lowest BCUT2D eigenvalue weighted by atomic mass is 9.93. The first kappa shape index (κ1) is 13.0. The summed E-state index contributed by atoms with van der Waals surface area (Å²) in [6, 6.07) is 5.74. The highest BCUT2D eigenvalue weighted by Gasteiger charge is 2.37. The van der Waals surface area contributed by atoms with Crippen molar-refractivity contribution in [3.05, 3.63) is 18.2 Å². The molecule has 0 radical (unpaired) electrons. The molecule has 0 unspecified atom stereocenters. The number of β-amino-alcohol motifs (C(OH)–C–C–N with tert-alkyl or cyclic N) is 1. The Morgan fingerprint density at radius 1 is 1.39 bits per heavy atom. The first-order valence-corrected chi connectivity index (χ1v) is 6.59. The molecule has 1 aromatic rings. The minimum absolute atomic E-state index is 0.122. The van der Waals surface area contributed by atoms with E-state index in [0.29, 0.717) is 12.2 Å². The predicted octanol–water partition coefficient (Wildman–Crippen LogP) is 2.02. The predicted molar refractivity (Wildman–Crippen MR) is 74.1 cm³/mol. The molecule has 1 aromatic carbocycles. The van der Waals surface area contributed by atoms with Crippen molar-refractivity contribution >= 4 is 11.4 Å². The van der Waals surface area contributed by atoms with Crippen molar-refractivity contribution in [2.75, 3.05) is 30.3 Å². The van der Waals surface area contributed by atoms with Crippen molar-refractivity contribution in [2.24, 2.45) is 0 Å². The lowest BCUT2D eigenvalue weighted by Crippen LogP contribution is -2.51. The van der Waals surface area contributed by atoms with Crippen LogP contribution < -0.4 is 15.4 Å². The van der Waals surface area contributed by atoms with Crippen LogP contribution in [0, 0.1) is 0 Å². The van der Waals surface area contributed by atoms with Gasteiger partial charge in [0.25, 0.3) is 0 Å². The fourth-order valence-electron chi connectivity index (χ4n) is 2.58. The molecule has 0 fully saturated rings. The highest BCUT2D eigenvalue weighted by Crippen LogP contribution is 2.42. The number of rotatable bonds is 4. The van der Waals surface area contributed by atoms with E-state index >= 15 is 0 Å². The molecule has 0 aliphatic carbocycles. The van der Waals surface area contributed by atoms with Crippen LogP contribution in [0.4, 0.5) is 11.4 Å². The molecule has 0 bridgehead atoms. The molecule has 4 heteroatoms. The van der Waals surface area contributed by atoms with Crippen LogP contribution in [0.3, 0.4) is 0 Å². The van der Waals surface area contributed by atoms with Gasteiger partial charge in [-0.1, -0.05) is 19.9 Å². The van der Waals surface area contributed by atoms with E-state index in [4.69, 9.17) is 10.5 Å². The summed E-state index contributed by atoms with van der Waals surface area (Å²) in [6.07, 6.45) is 1.89. The van der Waals surface area contributed by atoms with Gasteiger partial charge in [-0.25, -0.2) is 0 Å². The summed E-state index contributed by atoms with van der Waals surface area (Å²) < 4.78 is 6.17. The zero-order chi connectivity index (χ0) is 13.2. The number of fused-ring (bicyclic) bond motifs is 1. The average Bonchev–Trinajstić information content (AvgIpc) is 2.38. The van der Waals surface area contributed by atoms with Crippen LogP contribution in [-0.4, -0.2) is 30.4 Å². The van der Waals surface area contributed by atoms with Gasteiger partial charge in [-0.3, -0.25) is 0 Å². The second-order valence-electron chi connectivity index (χ2n) is 4.83. The highest BCUT2D eigenvalue weighted by molar-refractivity contribution is 5.76. The lowest BCUT2D eigenvalue weighted by molar-refractivity contribution is 0.0566. The number of aliphatic hydroxyl groups is 1. The molecule has 3 N–H and O–H groups in total. The largest absolute Gasteiger partial charge is 0.483 e. The summed E-state index contributed by atoms with van der Waals surface area (Å²) in [4.78, 5) is 2.14. The van der Waals surface area contributed by atoms with E-state index in [1.807, 2.05) is 18.2 Å². The fraction of sp³-hybridized carbons (Fsp3) is 0.571. The minimum Gasteiger partial charge on any atom is -0.483 e. The van der Waals surface area contributed by atoms with E-state index in [1.54, 1.807) is 0 Å². The van der Waals surface area contributed by atoms with Crippen LogP contribution in [0.25, 0.3) is 0 Å². The lowest BCUT2D eigenvalue weighted by Gasteiger charge is -2.44. The number of anilines is 2. The van der Waals surface area contributed by atoms with E-state index in [2.05, 4.69) is 18.7 Å². The van der Waals surface area contributed by atoms with Crippen LogP contribution >= 0.6 is 0 Å². The number of para-hydroxylation sites is 1. The van der Waals surface area contributed by atoms with Gasteiger partial charge in [-0.05, 0) is 25.0 Å². The molecule has 18 heavy (non-hydrogen) atoms. The average molecular weight is 250 g/mol. The van der Waals surface area contributed by atoms with Crippen molar-refractivity contribution in [3.8, 4) is 5.75 Å². The molecule has 0 aromatic heterocycles. The first-order chi connectivity index (χ1) is 8.65. The minimum atomic E-state index is -0.171. The number of nitrogens with zero attached hydrogens (tertiary/aromatic N) is 1. The van der Waals surface area contributed by atoms with Gasteiger partial charge in [-0.2, -0.15) is 0 Å². The second-order valence-corrected chi connectivity index (χ2v) is 4.83. The first-order valence-electron chi connectivity index (χ1n) is 6.59. The summed E-state index contributed by atoms with van der Waals surface area (Å²) in [7, 11) is 0. The van der Waals surface area contributed by atoms with E-state index in [1.165, 1.54) is 0 Å². The van der Waals surface area contributed by atoms with Gasteiger partial charge in [0.05, 0.1) is 18.8 Å². The number of benzene rings is 1. The van der Waals surface area contributed by atoms with Crippen molar-refractivity contribution < 1.29 is 9.84 Å². The Bertz CT molecular complexity index is 416. The molecule has 4 nitrogen and oxygen atoms in total. The van der Waals surface area contributed by atoms with Crippen molar-refractivity contribution in [1.82, 2.24) is 0 Å². The summed E-state index contributed by atoms with van der Waals surface area (Å²) in [5.74, 6) is 0.832. The fourth-order valence-corrected chi connectivity index (χ4v) is 2.58. The quantitative estimate of drug-likeness (QED) is 0.803. The van der Waals surface area contributed by atoms with Crippen LogP contribution in [0.15, 0.2) is 18.2 Å². The van der Waals surface area contributed by atoms with Gasteiger partial charge < -0.3 is 20.5 Å². The molecule has 100 valence electrons. The third kappa shape index (κ3) is 2.12. The summed E-state index contributed by atoms with van der Waals surface area (Å²) >= 11 is 0. The van der Waals surface area contributed by atoms with E-state index in [9.17, 15) is 5.11 Å². The van der Waals surface area contributed by atoms with E-state index < -0.39 is 0 Å². The highest BCUT2D eigenvalue weighted by atomic mass is 16.5. The topological polar surface area (TPSA) is 58.7 Å². The summed E-state index contributed by atoms with van der Waals surface area (Å²) in [5, 5.41) is 9.23. The normalized spacial score (nSPS) is 17.2. The molecule has 1 aliphatic heterocycles. The molecule has 0 saturated carbocycles. The number of hydrogen-bond donors (Lipinski definition) is 2. The SMILES string of the molecule is CCC1(CC)CN(CCO)c2c(N)cccc2O1. The molecule has 0 amide bonds. The smallest absolute Gasteiger partial charge is 0.145 e. The number of hydrogen-bond acceptors (Lipinski definition) is 4. The number of nitrogen functional groups attached to an aromatic ring is 1. The molecule has 2 rings (SSSR count). The third-order valence-electron chi connectivity index (χ3n) is 3.81. The van der Waals surface area contributed by atoms with Crippen LogP contribution in [0.1, 0.15) is 26.7 Å². The van der Waals surface area contributed by atoms with Gasteiger partial charge in [0.15, 0.2) is 0 Å². The Morgan fingerprint density at radius 2 is 2.11 bits per heavy atom. The van der Waals surface area contributed by atoms with Crippen LogP contribution in [0.2, 0.25) is 0 Å². The Balaban J connectivity index is 2.43. The maximum absolute atomic E-state index is 9.23. The maximum atomic E-state index is 9.23. The van der Waals surface area contributed by atoms with Crippen molar-refractivity contribution in [3.63, 3.8) is 0 Å². The Kier molecular flexibility index (Phi) is 3.66. The van der Waals surface area contributed by atoms with Gasteiger partial charge in [0.1, 0.15) is 17.0 Å². The van der Waals surface area contributed by atoms with E-state index in [-0.39, 0.29) is 12.2 Å². The number of nitrogens with two attached hydrogens (primary N) is 1. The molecule has 1 aliphatic rings. The van der Waals surface area contributed by atoms with Gasteiger partial charge in [-0.15, -0.1) is 0 Å². The zero-order valence-electron chi connectivity index (χ0n) is 11.1. The molecule has 1 heterocycles. The Morgan fingerprint density at radius 3 is 2.72 bits per heavy atom. The molecular weight excluding hydrogens is 228 g/mol.